The predicted octanol–water partition coefficient (Wildman–Crippen LogP) is 1.63. The van der Waals surface area contributed by atoms with Crippen LogP contribution in [0.5, 0.6) is 0 Å². The highest BCUT2D eigenvalue weighted by atomic mass is 16.5. The average Bonchev–Trinajstić information content (AvgIpc) is 2.81. The van der Waals surface area contributed by atoms with Gasteiger partial charge in [-0.05, 0) is 19.3 Å². The Balaban J connectivity index is 2.37. The van der Waals surface area contributed by atoms with E-state index in [4.69, 9.17) is 0 Å². The van der Waals surface area contributed by atoms with Gasteiger partial charge < -0.3 is 9.64 Å². The molecule has 1 saturated carbocycles. The van der Waals surface area contributed by atoms with Gasteiger partial charge in [-0.1, -0.05) is 6.92 Å². The zero-order valence-electron chi connectivity index (χ0n) is 7.17. The maximum Gasteiger partial charge on any atom is 0.409 e. The second-order valence-electron chi connectivity index (χ2n) is 2.89. The quantitative estimate of drug-likeness (QED) is 0.623. The Bertz CT molecular complexity index is 143. The molecule has 11 heavy (non-hydrogen) atoms. The van der Waals surface area contributed by atoms with Gasteiger partial charge in [-0.2, -0.15) is 0 Å². The molecule has 0 spiro atoms. The van der Waals surface area contributed by atoms with E-state index >= 15 is 0 Å². The lowest BCUT2D eigenvalue weighted by molar-refractivity contribution is 0.120. The molecule has 0 radical (unpaired) electrons. The highest BCUT2D eigenvalue weighted by molar-refractivity contribution is 5.68. The summed E-state index contributed by atoms with van der Waals surface area (Å²) in [4.78, 5) is 12.9. The summed E-state index contributed by atoms with van der Waals surface area (Å²) in [5.41, 5.74) is 0. The first-order valence-electron chi connectivity index (χ1n) is 4.14. The monoisotopic (exact) mass is 157 g/mol. The molecule has 1 amide bonds. The molecule has 0 aromatic heterocycles. The van der Waals surface area contributed by atoms with Crippen molar-refractivity contribution in [3.63, 3.8) is 0 Å². The molecule has 0 heterocycles. The van der Waals surface area contributed by atoms with Gasteiger partial charge in [0.1, 0.15) is 0 Å². The van der Waals surface area contributed by atoms with Crippen molar-refractivity contribution in [3.8, 4) is 0 Å². The molecule has 0 atom stereocenters. The summed E-state index contributed by atoms with van der Waals surface area (Å²) in [6, 6.07) is 0.474. The predicted molar refractivity (Wildman–Crippen MR) is 42.4 cm³/mol. The molecular weight excluding hydrogens is 142 g/mol. The summed E-state index contributed by atoms with van der Waals surface area (Å²) in [6.07, 6.45) is 3.13. The van der Waals surface area contributed by atoms with Gasteiger partial charge in [-0.3, -0.25) is 0 Å². The van der Waals surface area contributed by atoms with E-state index in [1.165, 1.54) is 7.11 Å². The van der Waals surface area contributed by atoms with Crippen LogP contribution in [0.4, 0.5) is 4.79 Å². The van der Waals surface area contributed by atoms with Crippen molar-refractivity contribution in [2.75, 3.05) is 13.7 Å². The van der Waals surface area contributed by atoms with Gasteiger partial charge in [0, 0.05) is 12.6 Å². The zero-order chi connectivity index (χ0) is 8.27. The third-order valence-corrected chi connectivity index (χ3v) is 1.86. The van der Waals surface area contributed by atoms with Gasteiger partial charge in [0.15, 0.2) is 0 Å². The molecule has 0 saturated heterocycles. The van der Waals surface area contributed by atoms with Crippen molar-refractivity contribution in [1.82, 2.24) is 4.90 Å². The van der Waals surface area contributed by atoms with E-state index in [1.54, 1.807) is 0 Å². The number of methoxy groups -OCH3 is 1. The van der Waals surface area contributed by atoms with Crippen LogP contribution < -0.4 is 0 Å². The van der Waals surface area contributed by atoms with Gasteiger partial charge in [-0.15, -0.1) is 0 Å². The lowest BCUT2D eigenvalue weighted by Crippen LogP contribution is -2.33. The van der Waals surface area contributed by atoms with Gasteiger partial charge in [0.05, 0.1) is 7.11 Å². The normalized spacial score (nSPS) is 16.2. The van der Waals surface area contributed by atoms with Gasteiger partial charge in [0.2, 0.25) is 0 Å². The van der Waals surface area contributed by atoms with E-state index in [2.05, 4.69) is 11.7 Å². The molecule has 1 aliphatic carbocycles. The SMILES string of the molecule is CCCN(C(=O)OC)C1CC1. The first kappa shape index (κ1) is 8.37. The van der Waals surface area contributed by atoms with Crippen molar-refractivity contribution in [2.45, 2.75) is 32.2 Å². The second-order valence-corrected chi connectivity index (χ2v) is 2.89. The van der Waals surface area contributed by atoms with Crippen LogP contribution in [-0.4, -0.2) is 30.7 Å². The van der Waals surface area contributed by atoms with E-state index in [-0.39, 0.29) is 6.09 Å². The Hall–Kier alpha value is -0.730. The molecule has 0 aromatic carbocycles. The molecule has 0 unspecified atom stereocenters. The number of rotatable bonds is 3. The van der Waals surface area contributed by atoms with Crippen molar-refractivity contribution in [3.05, 3.63) is 0 Å². The minimum atomic E-state index is -0.172. The van der Waals surface area contributed by atoms with E-state index < -0.39 is 0 Å². The first-order chi connectivity index (χ1) is 5.29. The molecule has 1 rings (SSSR count). The smallest absolute Gasteiger partial charge is 0.409 e. The number of amides is 1. The molecular formula is C8H15NO2. The Labute approximate surface area is 67.3 Å². The van der Waals surface area contributed by atoms with Crippen molar-refractivity contribution < 1.29 is 9.53 Å². The van der Waals surface area contributed by atoms with Crippen LogP contribution in [0.2, 0.25) is 0 Å². The number of carbonyl (C=O) groups is 1. The van der Waals surface area contributed by atoms with Crippen molar-refractivity contribution >= 4 is 6.09 Å². The first-order valence-corrected chi connectivity index (χ1v) is 4.14. The third-order valence-electron chi connectivity index (χ3n) is 1.86. The minimum Gasteiger partial charge on any atom is -0.453 e. The zero-order valence-corrected chi connectivity index (χ0v) is 7.17. The molecule has 1 fully saturated rings. The van der Waals surface area contributed by atoms with E-state index in [9.17, 15) is 4.79 Å². The summed E-state index contributed by atoms with van der Waals surface area (Å²) in [5.74, 6) is 0. The van der Waals surface area contributed by atoms with Crippen LogP contribution in [0.15, 0.2) is 0 Å². The van der Waals surface area contributed by atoms with E-state index in [0.29, 0.717) is 6.04 Å². The molecule has 0 N–H and O–H groups in total. The fraction of sp³-hybridized carbons (Fsp3) is 0.875. The number of hydrogen-bond donors (Lipinski definition) is 0. The molecule has 0 bridgehead atoms. The number of carbonyl (C=O) groups excluding carboxylic acids is 1. The fourth-order valence-electron chi connectivity index (χ4n) is 1.17. The highest BCUT2D eigenvalue weighted by Gasteiger charge is 2.32. The molecule has 3 heteroatoms. The topological polar surface area (TPSA) is 29.5 Å². The Morgan fingerprint density at radius 1 is 1.64 bits per heavy atom. The molecule has 3 nitrogen and oxygen atoms in total. The maximum atomic E-state index is 11.1. The maximum absolute atomic E-state index is 11.1. The number of nitrogens with zero attached hydrogens (tertiary/aromatic N) is 1. The van der Waals surface area contributed by atoms with Crippen LogP contribution in [0.1, 0.15) is 26.2 Å². The van der Waals surface area contributed by atoms with E-state index in [0.717, 1.165) is 25.8 Å². The largest absolute Gasteiger partial charge is 0.453 e. The fourth-order valence-corrected chi connectivity index (χ4v) is 1.17. The summed E-state index contributed by atoms with van der Waals surface area (Å²) >= 11 is 0. The summed E-state index contributed by atoms with van der Waals surface area (Å²) in [6.45, 7) is 2.90. The Morgan fingerprint density at radius 2 is 2.27 bits per heavy atom. The van der Waals surface area contributed by atoms with Crippen molar-refractivity contribution in [1.29, 1.82) is 0 Å². The van der Waals surface area contributed by atoms with Crippen LogP contribution >= 0.6 is 0 Å². The van der Waals surface area contributed by atoms with Crippen LogP contribution in [0.25, 0.3) is 0 Å². The lowest BCUT2D eigenvalue weighted by atomic mass is 10.4. The second kappa shape index (κ2) is 3.60. The highest BCUT2D eigenvalue weighted by Crippen LogP contribution is 2.27. The molecule has 64 valence electrons. The summed E-state index contributed by atoms with van der Waals surface area (Å²) in [7, 11) is 1.44. The summed E-state index contributed by atoms with van der Waals surface area (Å²) in [5, 5.41) is 0. The lowest BCUT2D eigenvalue weighted by Gasteiger charge is -2.19. The third kappa shape index (κ3) is 2.10. The molecule has 0 aliphatic heterocycles. The van der Waals surface area contributed by atoms with Gasteiger partial charge in [-0.25, -0.2) is 4.79 Å². The molecule has 1 aliphatic rings. The summed E-state index contributed by atoms with van der Waals surface area (Å²) < 4.78 is 4.65. The average molecular weight is 157 g/mol. The Morgan fingerprint density at radius 3 is 2.64 bits per heavy atom. The van der Waals surface area contributed by atoms with E-state index in [1.807, 2.05) is 4.90 Å². The van der Waals surface area contributed by atoms with Crippen LogP contribution in [0.3, 0.4) is 0 Å². The number of hydrogen-bond acceptors (Lipinski definition) is 2. The number of ether oxygens (including phenoxy) is 1. The standard InChI is InChI=1S/C8H15NO2/c1-3-6-9(7-4-5-7)8(10)11-2/h7H,3-6H2,1-2H3. The molecule has 0 aromatic rings. The van der Waals surface area contributed by atoms with Crippen molar-refractivity contribution in [2.24, 2.45) is 0 Å². The van der Waals surface area contributed by atoms with Crippen LogP contribution in [-0.2, 0) is 4.74 Å². The minimum absolute atomic E-state index is 0.172. The Kier molecular flexibility index (Phi) is 2.74. The van der Waals surface area contributed by atoms with Gasteiger partial charge >= 0.3 is 6.09 Å². The van der Waals surface area contributed by atoms with Gasteiger partial charge in [0.25, 0.3) is 0 Å². The van der Waals surface area contributed by atoms with Crippen LogP contribution in [0, 0.1) is 0 Å².